The molecular formula is C12H19N3O4S. The van der Waals surface area contributed by atoms with Crippen LogP contribution in [-0.2, 0) is 14.8 Å². The number of anilines is 2. The van der Waals surface area contributed by atoms with Crippen LogP contribution in [0.25, 0.3) is 0 Å². The number of carbonyl (C=O) groups is 1. The van der Waals surface area contributed by atoms with E-state index in [9.17, 15) is 13.2 Å². The molecule has 0 unspecified atom stereocenters. The Balaban J connectivity index is 2.67. The first-order valence-corrected chi connectivity index (χ1v) is 7.86. The predicted octanol–water partition coefficient (Wildman–Crippen LogP) is 0.536. The van der Waals surface area contributed by atoms with Gasteiger partial charge in [0.25, 0.3) is 0 Å². The molecule has 7 nitrogen and oxygen atoms in total. The molecule has 0 spiro atoms. The van der Waals surface area contributed by atoms with Crippen LogP contribution in [-0.4, -0.2) is 33.3 Å². The zero-order valence-corrected chi connectivity index (χ0v) is 12.1. The van der Waals surface area contributed by atoms with Gasteiger partial charge in [-0.3, -0.25) is 0 Å². The third kappa shape index (κ3) is 5.06. The zero-order valence-electron chi connectivity index (χ0n) is 11.3. The fraction of sp³-hybridized carbons (Fsp3) is 0.417. The Morgan fingerprint density at radius 1 is 1.40 bits per heavy atom. The van der Waals surface area contributed by atoms with E-state index in [4.69, 9.17) is 15.6 Å². The maximum Gasteiger partial charge on any atom is 0.340 e. The molecule has 20 heavy (non-hydrogen) atoms. The molecule has 0 atom stereocenters. The third-order valence-electron chi connectivity index (χ3n) is 2.52. The van der Waals surface area contributed by atoms with Gasteiger partial charge in [-0.05, 0) is 25.5 Å². The van der Waals surface area contributed by atoms with Crippen molar-refractivity contribution < 1.29 is 17.9 Å². The van der Waals surface area contributed by atoms with Crippen molar-refractivity contribution in [3.63, 3.8) is 0 Å². The number of nitrogen functional groups attached to an aromatic ring is 1. The maximum absolute atomic E-state index is 11.7. The molecule has 0 aliphatic rings. The summed E-state index contributed by atoms with van der Waals surface area (Å²) in [5.41, 5.74) is 7.00. The summed E-state index contributed by atoms with van der Waals surface area (Å²) in [6.07, 6.45) is 0.349. The summed E-state index contributed by atoms with van der Waals surface area (Å²) in [5, 5.41) is 7.87. The SMILES string of the molecule is CCOC(=O)c1cccc(NCCCS(N)(=O)=O)c1N. The van der Waals surface area contributed by atoms with E-state index in [1.165, 1.54) is 0 Å². The van der Waals surface area contributed by atoms with Crippen molar-refractivity contribution in [2.24, 2.45) is 5.14 Å². The molecule has 0 aromatic heterocycles. The first-order valence-electron chi connectivity index (χ1n) is 6.15. The van der Waals surface area contributed by atoms with E-state index in [1.54, 1.807) is 25.1 Å². The van der Waals surface area contributed by atoms with Gasteiger partial charge in [-0.1, -0.05) is 6.07 Å². The standard InChI is InChI=1S/C12H19N3O4S/c1-2-19-12(16)9-5-3-6-10(11(9)13)15-7-4-8-20(14,17)18/h3,5-6,15H,2,4,7-8,13H2,1H3,(H2,14,17,18). The number of hydrogen-bond acceptors (Lipinski definition) is 6. The number of hydrogen-bond donors (Lipinski definition) is 3. The van der Waals surface area contributed by atoms with Crippen LogP contribution >= 0.6 is 0 Å². The van der Waals surface area contributed by atoms with E-state index in [0.29, 0.717) is 18.7 Å². The number of nitrogens with one attached hydrogen (secondary N) is 1. The maximum atomic E-state index is 11.7. The summed E-state index contributed by atoms with van der Waals surface area (Å²) < 4.78 is 26.5. The van der Waals surface area contributed by atoms with Gasteiger partial charge in [-0.15, -0.1) is 0 Å². The second-order valence-corrected chi connectivity index (χ2v) is 5.87. The number of sulfonamides is 1. The van der Waals surface area contributed by atoms with Gasteiger partial charge >= 0.3 is 5.97 Å². The fourth-order valence-electron chi connectivity index (χ4n) is 1.60. The summed E-state index contributed by atoms with van der Waals surface area (Å²) in [5.74, 6) is -0.601. The number of nitrogens with two attached hydrogens (primary N) is 2. The van der Waals surface area contributed by atoms with Gasteiger partial charge in [0.05, 0.1) is 29.3 Å². The van der Waals surface area contributed by atoms with Crippen molar-refractivity contribution >= 4 is 27.4 Å². The molecule has 112 valence electrons. The van der Waals surface area contributed by atoms with Gasteiger partial charge in [0, 0.05) is 6.54 Å². The molecule has 0 amide bonds. The minimum atomic E-state index is -3.46. The minimum Gasteiger partial charge on any atom is -0.462 e. The Morgan fingerprint density at radius 3 is 2.70 bits per heavy atom. The lowest BCUT2D eigenvalue weighted by Gasteiger charge is -2.12. The highest BCUT2D eigenvalue weighted by Gasteiger charge is 2.13. The van der Waals surface area contributed by atoms with Gasteiger partial charge in [-0.25, -0.2) is 18.4 Å². The highest BCUT2D eigenvalue weighted by Crippen LogP contribution is 2.23. The van der Waals surface area contributed by atoms with Crippen molar-refractivity contribution in [3.8, 4) is 0 Å². The van der Waals surface area contributed by atoms with Gasteiger partial charge < -0.3 is 15.8 Å². The Morgan fingerprint density at radius 2 is 2.10 bits per heavy atom. The summed E-state index contributed by atoms with van der Waals surface area (Å²) in [7, 11) is -3.46. The number of esters is 1. The smallest absolute Gasteiger partial charge is 0.340 e. The largest absolute Gasteiger partial charge is 0.462 e. The van der Waals surface area contributed by atoms with Gasteiger partial charge in [0.2, 0.25) is 10.0 Å². The lowest BCUT2D eigenvalue weighted by Crippen LogP contribution is -2.19. The van der Waals surface area contributed by atoms with Crippen LogP contribution in [0.15, 0.2) is 18.2 Å². The number of rotatable bonds is 7. The van der Waals surface area contributed by atoms with Crippen LogP contribution in [0.4, 0.5) is 11.4 Å². The summed E-state index contributed by atoms with van der Waals surface area (Å²) >= 11 is 0. The second-order valence-electron chi connectivity index (χ2n) is 4.13. The van der Waals surface area contributed by atoms with Gasteiger partial charge in [0.15, 0.2) is 0 Å². The Labute approximate surface area is 118 Å². The number of ether oxygens (including phenoxy) is 1. The Hall–Kier alpha value is -1.80. The molecule has 0 aliphatic carbocycles. The lowest BCUT2D eigenvalue weighted by molar-refractivity contribution is 0.0527. The average Bonchev–Trinajstić information content (AvgIpc) is 2.35. The molecule has 0 saturated heterocycles. The Kier molecular flexibility index (Phi) is 5.78. The monoisotopic (exact) mass is 301 g/mol. The molecule has 1 rings (SSSR count). The normalized spacial score (nSPS) is 11.1. The molecule has 0 heterocycles. The summed E-state index contributed by atoms with van der Waals surface area (Å²) in [6, 6.07) is 4.95. The van der Waals surface area contributed by atoms with E-state index in [2.05, 4.69) is 5.32 Å². The average molecular weight is 301 g/mol. The van der Waals surface area contributed by atoms with Crippen molar-refractivity contribution in [1.82, 2.24) is 0 Å². The molecule has 1 aromatic carbocycles. The van der Waals surface area contributed by atoms with Crippen LogP contribution < -0.4 is 16.2 Å². The van der Waals surface area contributed by atoms with Gasteiger partial charge in [0.1, 0.15) is 0 Å². The third-order valence-corrected chi connectivity index (χ3v) is 3.38. The van der Waals surface area contributed by atoms with E-state index in [0.717, 1.165) is 0 Å². The van der Waals surface area contributed by atoms with Crippen molar-refractivity contribution in [2.75, 3.05) is 30.0 Å². The number of para-hydroxylation sites is 1. The van der Waals surface area contributed by atoms with E-state index in [-0.39, 0.29) is 23.6 Å². The molecule has 0 bridgehead atoms. The topological polar surface area (TPSA) is 125 Å². The molecule has 0 radical (unpaired) electrons. The molecule has 0 aliphatic heterocycles. The molecular weight excluding hydrogens is 282 g/mol. The first kappa shape index (κ1) is 16.3. The fourth-order valence-corrected chi connectivity index (χ4v) is 2.15. The van der Waals surface area contributed by atoms with Crippen LogP contribution in [0.5, 0.6) is 0 Å². The Bertz CT molecular complexity index is 572. The van der Waals surface area contributed by atoms with Crippen LogP contribution in [0, 0.1) is 0 Å². The molecule has 0 saturated carbocycles. The van der Waals surface area contributed by atoms with Crippen LogP contribution in [0.1, 0.15) is 23.7 Å². The van der Waals surface area contributed by atoms with Crippen molar-refractivity contribution in [3.05, 3.63) is 23.8 Å². The quantitative estimate of drug-likeness (QED) is 0.383. The van der Waals surface area contributed by atoms with E-state index in [1.807, 2.05) is 0 Å². The molecule has 0 fully saturated rings. The predicted molar refractivity (Wildman–Crippen MR) is 77.9 cm³/mol. The van der Waals surface area contributed by atoms with E-state index >= 15 is 0 Å². The molecule has 8 heteroatoms. The number of primary sulfonamides is 1. The second kappa shape index (κ2) is 7.11. The minimum absolute atomic E-state index is 0.114. The van der Waals surface area contributed by atoms with Crippen LogP contribution in [0.2, 0.25) is 0 Å². The number of benzene rings is 1. The van der Waals surface area contributed by atoms with Crippen LogP contribution in [0.3, 0.4) is 0 Å². The highest BCUT2D eigenvalue weighted by molar-refractivity contribution is 7.89. The zero-order chi connectivity index (χ0) is 15.2. The summed E-state index contributed by atoms with van der Waals surface area (Å²) in [4.78, 5) is 11.7. The van der Waals surface area contributed by atoms with Crippen molar-refractivity contribution in [2.45, 2.75) is 13.3 Å². The van der Waals surface area contributed by atoms with Crippen molar-refractivity contribution in [1.29, 1.82) is 0 Å². The summed E-state index contributed by atoms with van der Waals surface area (Å²) in [6.45, 7) is 2.36. The number of carbonyl (C=O) groups excluding carboxylic acids is 1. The molecule has 5 N–H and O–H groups in total. The lowest BCUT2D eigenvalue weighted by atomic mass is 10.1. The van der Waals surface area contributed by atoms with Gasteiger partial charge in [-0.2, -0.15) is 0 Å². The highest BCUT2D eigenvalue weighted by atomic mass is 32.2. The first-order chi connectivity index (χ1) is 9.35. The van der Waals surface area contributed by atoms with E-state index < -0.39 is 16.0 Å². The molecule has 1 aromatic rings.